The van der Waals surface area contributed by atoms with Crippen LogP contribution in [0.3, 0.4) is 0 Å². The van der Waals surface area contributed by atoms with E-state index in [1.54, 1.807) is 30.3 Å². The Labute approximate surface area is 201 Å². The number of allylic oxidation sites excluding steroid dienone is 1. The molecular weight excluding hydrogens is 448 g/mol. The zero-order valence-corrected chi connectivity index (χ0v) is 18.8. The van der Waals surface area contributed by atoms with Gasteiger partial charge in [0.25, 0.3) is 0 Å². The number of nitriles is 1. The van der Waals surface area contributed by atoms with Crippen molar-refractivity contribution in [2.45, 2.75) is 12.3 Å². The van der Waals surface area contributed by atoms with Gasteiger partial charge in [-0.2, -0.15) is 5.26 Å². The topological polar surface area (TPSA) is 85.3 Å². The lowest BCUT2D eigenvalue weighted by atomic mass is 9.83. The minimum Gasteiger partial charge on any atom is -0.440 e. The maximum absolute atomic E-state index is 12.7. The lowest BCUT2D eigenvalue weighted by Crippen LogP contribution is -2.21. The fourth-order valence-electron chi connectivity index (χ4n) is 4.30. The first kappa shape index (κ1) is 21.6. The molecule has 0 fully saturated rings. The van der Waals surface area contributed by atoms with Gasteiger partial charge in [-0.15, -0.1) is 0 Å². The Morgan fingerprint density at radius 3 is 2.65 bits per heavy atom. The molecule has 2 N–H and O–H groups in total. The molecule has 4 aromatic carbocycles. The summed E-state index contributed by atoms with van der Waals surface area (Å²) in [6.45, 7) is 0. The molecule has 0 saturated heterocycles. The van der Waals surface area contributed by atoms with Gasteiger partial charge >= 0.3 is 5.97 Å². The van der Waals surface area contributed by atoms with Gasteiger partial charge in [-0.3, -0.25) is 4.79 Å². The smallest absolute Gasteiger partial charge is 0.315 e. The Morgan fingerprint density at radius 1 is 1.03 bits per heavy atom. The molecule has 0 spiro atoms. The van der Waals surface area contributed by atoms with E-state index in [-0.39, 0.29) is 18.3 Å². The summed E-state index contributed by atoms with van der Waals surface area (Å²) < 4.78 is 11.3. The van der Waals surface area contributed by atoms with E-state index in [2.05, 4.69) is 6.07 Å². The predicted octanol–water partition coefficient (Wildman–Crippen LogP) is 5.86. The highest BCUT2D eigenvalue weighted by molar-refractivity contribution is 6.30. The fraction of sp³-hybridized carbons (Fsp3) is 0.0714. The van der Waals surface area contributed by atoms with Gasteiger partial charge < -0.3 is 15.2 Å². The SMILES string of the molecule is N#CC1=C(N)Oc2cc(OC(=O)Cc3cccc4ccccc34)ccc2C1c1cccc(Cl)c1. The Morgan fingerprint density at radius 2 is 1.82 bits per heavy atom. The van der Waals surface area contributed by atoms with E-state index in [4.69, 9.17) is 26.8 Å². The number of hydrogen-bond acceptors (Lipinski definition) is 5. The number of benzene rings is 4. The van der Waals surface area contributed by atoms with Crippen molar-refractivity contribution in [3.05, 3.63) is 118 Å². The number of carbonyl (C=O) groups is 1. The molecule has 0 radical (unpaired) electrons. The van der Waals surface area contributed by atoms with Crippen LogP contribution < -0.4 is 15.2 Å². The van der Waals surface area contributed by atoms with Gasteiger partial charge in [-0.1, -0.05) is 72.3 Å². The third-order valence-corrected chi connectivity index (χ3v) is 6.05. The second-order valence-corrected chi connectivity index (χ2v) is 8.40. The summed E-state index contributed by atoms with van der Waals surface area (Å²) in [4.78, 5) is 12.7. The zero-order valence-electron chi connectivity index (χ0n) is 18.0. The van der Waals surface area contributed by atoms with Gasteiger partial charge in [-0.05, 0) is 40.1 Å². The highest BCUT2D eigenvalue weighted by Crippen LogP contribution is 2.43. The summed E-state index contributed by atoms with van der Waals surface area (Å²) in [5.74, 6) is -0.0502. The summed E-state index contributed by atoms with van der Waals surface area (Å²) in [6.07, 6.45) is 0.130. The fourth-order valence-corrected chi connectivity index (χ4v) is 4.50. The molecule has 4 aromatic rings. The van der Waals surface area contributed by atoms with Crippen molar-refractivity contribution in [1.29, 1.82) is 5.26 Å². The molecule has 0 aliphatic carbocycles. The van der Waals surface area contributed by atoms with E-state index in [9.17, 15) is 10.1 Å². The van der Waals surface area contributed by atoms with Gasteiger partial charge in [0, 0.05) is 16.7 Å². The van der Waals surface area contributed by atoms with Crippen molar-refractivity contribution in [2.24, 2.45) is 5.73 Å². The van der Waals surface area contributed by atoms with E-state index in [0.29, 0.717) is 22.1 Å². The van der Waals surface area contributed by atoms with Crippen LogP contribution in [-0.4, -0.2) is 5.97 Å². The molecule has 34 heavy (non-hydrogen) atoms. The quantitative estimate of drug-likeness (QED) is 0.301. The van der Waals surface area contributed by atoms with Crippen LogP contribution in [0.5, 0.6) is 11.5 Å². The van der Waals surface area contributed by atoms with Crippen molar-refractivity contribution in [3.63, 3.8) is 0 Å². The molecule has 0 saturated carbocycles. The van der Waals surface area contributed by atoms with E-state index >= 15 is 0 Å². The molecule has 0 amide bonds. The van der Waals surface area contributed by atoms with Crippen LogP contribution in [0.15, 0.2) is 96.4 Å². The van der Waals surface area contributed by atoms with E-state index < -0.39 is 5.92 Å². The second-order valence-electron chi connectivity index (χ2n) is 7.97. The largest absolute Gasteiger partial charge is 0.440 e. The van der Waals surface area contributed by atoms with E-state index in [1.165, 1.54) is 0 Å². The molecule has 1 atom stereocenters. The number of ether oxygens (including phenoxy) is 2. The van der Waals surface area contributed by atoms with Gasteiger partial charge in [0.2, 0.25) is 5.88 Å². The average Bonchev–Trinajstić information content (AvgIpc) is 2.83. The number of hydrogen-bond donors (Lipinski definition) is 1. The molecule has 0 aromatic heterocycles. The molecule has 5 nitrogen and oxygen atoms in total. The second kappa shape index (κ2) is 8.93. The van der Waals surface area contributed by atoms with Crippen molar-refractivity contribution in [2.75, 3.05) is 0 Å². The summed E-state index contributed by atoms with van der Waals surface area (Å²) in [5, 5.41) is 12.3. The summed E-state index contributed by atoms with van der Waals surface area (Å²) >= 11 is 6.18. The summed E-state index contributed by atoms with van der Waals surface area (Å²) in [5.41, 5.74) is 8.82. The minimum atomic E-state index is -0.437. The Bertz CT molecular complexity index is 1500. The molecule has 5 rings (SSSR count). The van der Waals surface area contributed by atoms with Gasteiger partial charge in [0.15, 0.2) is 0 Å². The van der Waals surface area contributed by atoms with Gasteiger partial charge in [-0.25, -0.2) is 0 Å². The van der Waals surface area contributed by atoms with Crippen LogP contribution in [0, 0.1) is 11.3 Å². The Balaban J connectivity index is 1.43. The minimum absolute atomic E-state index is 0.0132. The number of nitrogens with two attached hydrogens (primary N) is 1. The van der Waals surface area contributed by atoms with Crippen LogP contribution in [0.2, 0.25) is 5.02 Å². The number of rotatable bonds is 4. The zero-order chi connectivity index (χ0) is 23.7. The van der Waals surface area contributed by atoms with Crippen molar-refractivity contribution < 1.29 is 14.3 Å². The molecule has 0 bridgehead atoms. The first-order valence-electron chi connectivity index (χ1n) is 10.7. The average molecular weight is 467 g/mol. The maximum Gasteiger partial charge on any atom is 0.315 e. The third-order valence-electron chi connectivity index (χ3n) is 5.82. The molecular formula is C28H19ClN2O3. The molecule has 166 valence electrons. The number of halogens is 1. The van der Waals surface area contributed by atoms with Crippen LogP contribution in [0.25, 0.3) is 10.8 Å². The predicted molar refractivity (Wildman–Crippen MR) is 130 cm³/mol. The number of esters is 1. The van der Waals surface area contributed by atoms with E-state index in [1.807, 2.05) is 54.6 Å². The molecule has 1 unspecified atom stereocenters. The highest BCUT2D eigenvalue weighted by atomic mass is 35.5. The molecule has 6 heteroatoms. The Hall–Kier alpha value is -4.27. The number of fused-ring (bicyclic) bond motifs is 2. The Kier molecular flexibility index (Phi) is 5.67. The van der Waals surface area contributed by atoms with Gasteiger partial charge in [0.05, 0.1) is 12.3 Å². The summed E-state index contributed by atoms with van der Waals surface area (Å²) in [6, 6.07) is 28.3. The lowest BCUT2D eigenvalue weighted by Gasteiger charge is -2.26. The first-order chi connectivity index (χ1) is 16.5. The highest BCUT2D eigenvalue weighted by Gasteiger charge is 2.31. The lowest BCUT2D eigenvalue weighted by molar-refractivity contribution is -0.133. The molecule has 1 heterocycles. The number of nitrogens with zero attached hydrogens (tertiary/aromatic N) is 1. The van der Waals surface area contributed by atoms with Crippen molar-refractivity contribution in [1.82, 2.24) is 0 Å². The van der Waals surface area contributed by atoms with Crippen LogP contribution >= 0.6 is 11.6 Å². The maximum atomic E-state index is 12.7. The van der Waals surface area contributed by atoms with Gasteiger partial charge in [0.1, 0.15) is 23.1 Å². The molecule has 1 aliphatic heterocycles. The summed E-state index contributed by atoms with van der Waals surface area (Å²) in [7, 11) is 0. The van der Waals surface area contributed by atoms with Crippen LogP contribution in [0.1, 0.15) is 22.6 Å². The normalized spacial score (nSPS) is 14.8. The van der Waals surface area contributed by atoms with Crippen molar-refractivity contribution in [3.8, 4) is 17.6 Å². The monoisotopic (exact) mass is 466 g/mol. The molecule has 1 aliphatic rings. The van der Waals surface area contributed by atoms with E-state index in [0.717, 1.165) is 27.5 Å². The third kappa shape index (κ3) is 4.07. The van der Waals surface area contributed by atoms with Crippen LogP contribution in [-0.2, 0) is 11.2 Å². The first-order valence-corrected chi connectivity index (χ1v) is 11.1. The van der Waals surface area contributed by atoms with Crippen LogP contribution in [0.4, 0.5) is 0 Å². The van der Waals surface area contributed by atoms with Crippen molar-refractivity contribution >= 4 is 28.3 Å². The number of carbonyl (C=O) groups excluding carboxylic acids is 1. The standard InChI is InChI=1S/C28H19ClN2O3/c29-20-9-4-8-19(13-20)27-23-12-11-21(15-25(23)34-28(31)24(27)16-30)33-26(32)14-18-7-3-6-17-5-1-2-10-22(17)18/h1-13,15,27H,14,31H2.